The van der Waals surface area contributed by atoms with Gasteiger partial charge in [-0.25, -0.2) is 0 Å². The Morgan fingerprint density at radius 2 is 1.78 bits per heavy atom. The summed E-state index contributed by atoms with van der Waals surface area (Å²) >= 11 is 7.39. The molecule has 1 aliphatic rings. The number of nitriles is 1. The molecule has 0 amide bonds. The summed E-state index contributed by atoms with van der Waals surface area (Å²) < 4.78 is 1.94. The standard InChI is InChI=1S/C23H21ClN6OS/c1-4-30-21(15-8-7-9-16(24)12-15)26-27-23(30)32-14-20(31)17(13-25)22-28(2)18-10-5-6-11-19(18)29(22)3/h5-12H,4,14H2,1-3H3. The summed E-state index contributed by atoms with van der Waals surface area (Å²) in [4.78, 5) is 16.8. The number of carbonyl (C=O) groups excluding carboxylic acids is 1. The molecule has 2 heterocycles. The highest BCUT2D eigenvalue weighted by molar-refractivity contribution is 7.99. The molecule has 1 aromatic heterocycles. The van der Waals surface area contributed by atoms with Gasteiger partial charge in [-0.2, -0.15) is 5.26 Å². The van der Waals surface area contributed by atoms with Crippen molar-refractivity contribution in [2.45, 2.75) is 18.6 Å². The van der Waals surface area contributed by atoms with E-state index in [2.05, 4.69) is 16.3 Å². The molecule has 0 saturated carbocycles. The van der Waals surface area contributed by atoms with Gasteiger partial charge in [0.1, 0.15) is 17.5 Å². The van der Waals surface area contributed by atoms with Gasteiger partial charge >= 0.3 is 0 Å². The van der Waals surface area contributed by atoms with Gasteiger partial charge in [0.25, 0.3) is 0 Å². The van der Waals surface area contributed by atoms with Gasteiger partial charge in [0.2, 0.25) is 0 Å². The first-order valence-corrected chi connectivity index (χ1v) is 11.4. The van der Waals surface area contributed by atoms with E-state index >= 15 is 0 Å². The number of para-hydroxylation sites is 2. The molecule has 0 fully saturated rings. The number of hydrogen-bond acceptors (Lipinski definition) is 7. The van der Waals surface area contributed by atoms with Crippen molar-refractivity contribution in [3.05, 3.63) is 64.9 Å². The predicted molar refractivity (Wildman–Crippen MR) is 128 cm³/mol. The van der Waals surface area contributed by atoms with E-state index in [9.17, 15) is 10.1 Å². The molecule has 1 aliphatic heterocycles. The fourth-order valence-electron chi connectivity index (χ4n) is 3.78. The molecule has 4 rings (SSSR count). The van der Waals surface area contributed by atoms with Crippen molar-refractivity contribution in [3.8, 4) is 17.5 Å². The lowest BCUT2D eigenvalue weighted by molar-refractivity contribution is -0.112. The second-order valence-corrected chi connectivity index (χ2v) is 8.57. The number of allylic oxidation sites excluding steroid dienone is 1. The molecule has 0 saturated heterocycles. The van der Waals surface area contributed by atoms with Gasteiger partial charge in [0, 0.05) is 31.2 Å². The molecule has 162 valence electrons. The maximum atomic E-state index is 13.1. The van der Waals surface area contributed by atoms with Crippen molar-refractivity contribution in [2.75, 3.05) is 29.6 Å². The Balaban J connectivity index is 1.58. The molecule has 0 unspecified atom stereocenters. The lowest BCUT2D eigenvalue weighted by Gasteiger charge is -2.19. The van der Waals surface area contributed by atoms with Gasteiger partial charge in [-0.15, -0.1) is 10.2 Å². The van der Waals surface area contributed by atoms with Gasteiger partial charge in [-0.1, -0.05) is 47.6 Å². The molecular formula is C23H21ClN6OS. The quantitative estimate of drug-likeness (QED) is 0.299. The van der Waals surface area contributed by atoms with Crippen molar-refractivity contribution >= 4 is 40.5 Å². The first kappa shape index (κ1) is 21.9. The number of aromatic nitrogens is 3. The molecule has 7 nitrogen and oxygen atoms in total. The Hall–Kier alpha value is -3.28. The highest BCUT2D eigenvalue weighted by Gasteiger charge is 2.31. The third-order valence-electron chi connectivity index (χ3n) is 5.30. The van der Waals surface area contributed by atoms with Gasteiger partial charge in [-0.3, -0.25) is 4.79 Å². The molecule has 0 spiro atoms. The number of halogens is 1. The molecule has 0 aliphatic carbocycles. The normalized spacial score (nSPS) is 12.7. The fourth-order valence-corrected chi connectivity index (χ4v) is 4.85. The Kier molecular flexibility index (Phi) is 6.21. The van der Waals surface area contributed by atoms with E-state index < -0.39 is 0 Å². The summed E-state index contributed by atoms with van der Waals surface area (Å²) in [5.41, 5.74) is 2.89. The van der Waals surface area contributed by atoms with Crippen molar-refractivity contribution in [2.24, 2.45) is 0 Å². The minimum Gasteiger partial charge on any atom is -0.328 e. The second-order valence-electron chi connectivity index (χ2n) is 7.19. The minimum absolute atomic E-state index is 0.0814. The molecular weight excluding hydrogens is 444 g/mol. The number of Topliss-reactive ketones (excluding diaryl/α,β-unsaturated/α-hetero) is 1. The molecule has 0 N–H and O–H groups in total. The van der Waals surface area contributed by atoms with E-state index in [1.54, 1.807) is 6.07 Å². The molecule has 2 aromatic carbocycles. The van der Waals surface area contributed by atoms with Crippen molar-refractivity contribution < 1.29 is 4.79 Å². The van der Waals surface area contributed by atoms with Gasteiger partial charge in [0.15, 0.2) is 16.8 Å². The summed E-state index contributed by atoms with van der Waals surface area (Å²) in [7, 11) is 3.72. The van der Waals surface area contributed by atoms with E-state index in [1.807, 2.05) is 77.9 Å². The van der Waals surface area contributed by atoms with Crippen LogP contribution in [0.3, 0.4) is 0 Å². The lowest BCUT2D eigenvalue weighted by atomic mass is 10.2. The van der Waals surface area contributed by atoms with Crippen molar-refractivity contribution in [1.82, 2.24) is 14.8 Å². The number of nitrogens with zero attached hydrogens (tertiary/aromatic N) is 6. The zero-order valence-electron chi connectivity index (χ0n) is 17.9. The van der Waals surface area contributed by atoms with Crippen LogP contribution in [0.25, 0.3) is 11.4 Å². The monoisotopic (exact) mass is 464 g/mol. The number of thioether (sulfide) groups is 1. The zero-order chi connectivity index (χ0) is 22.8. The second kappa shape index (κ2) is 9.07. The molecule has 3 aromatic rings. The Bertz CT molecular complexity index is 1230. The summed E-state index contributed by atoms with van der Waals surface area (Å²) in [5.74, 6) is 1.09. The van der Waals surface area contributed by atoms with E-state index in [-0.39, 0.29) is 17.1 Å². The topological polar surface area (TPSA) is 78.0 Å². The SMILES string of the molecule is CCn1c(SCC(=O)C(C#N)=C2N(C)c3ccccc3N2C)nnc1-c1cccc(Cl)c1. The highest BCUT2D eigenvalue weighted by Crippen LogP contribution is 2.40. The lowest BCUT2D eigenvalue weighted by Crippen LogP contribution is -2.26. The first-order chi connectivity index (χ1) is 15.5. The Labute approximate surface area is 195 Å². The zero-order valence-corrected chi connectivity index (χ0v) is 19.5. The molecule has 0 radical (unpaired) electrons. The summed E-state index contributed by atoms with van der Waals surface area (Å²) in [6, 6.07) is 17.3. The van der Waals surface area contributed by atoms with Crippen LogP contribution in [0.2, 0.25) is 5.02 Å². The number of anilines is 2. The third kappa shape index (κ3) is 3.85. The van der Waals surface area contributed by atoms with Crippen LogP contribution < -0.4 is 9.80 Å². The van der Waals surface area contributed by atoms with Crippen LogP contribution in [-0.2, 0) is 11.3 Å². The average Bonchev–Trinajstić information content (AvgIpc) is 3.33. The number of benzene rings is 2. The molecule has 0 atom stereocenters. The molecule has 0 bridgehead atoms. The largest absolute Gasteiger partial charge is 0.328 e. The number of fused-ring (bicyclic) bond motifs is 1. The molecule has 32 heavy (non-hydrogen) atoms. The van der Waals surface area contributed by atoms with Crippen molar-refractivity contribution in [3.63, 3.8) is 0 Å². The van der Waals surface area contributed by atoms with Gasteiger partial charge in [-0.05, 0) is 31.2 Å². The Morgan fingerprint density at radius 3 is 2.38 bits per heavy atom. The molecule has 9 heteroatoms. The van der Waals surface area contributed by atoms with Gasteiger partial charge < -0.3 is 14.4 Å². The Morgan fingerprint density at radius 1 is 1.09 bits per heavy atom. The van der Waals surface area contributed by atoms with Gasteiger partial charge in [0.05, 0.1) is 17.1 Å². The maximum Gasteiger partial charge on any atom is 0.191 e. The van der Waals surface area contributed by atoms with Crippen LogP contribution in [0, 0.1) is 11.3 Å². The van der Waals surface area contributed by atoms with Crippen LogP contribution in [-0.4, -0.2) is 40.4 Å². The number of ketones is 1. The van der Waals surface area contributed by atoms with E-state index in [0.29, 0.717) is 28.4 Å². The van der Waals surface area contributed by atoms with Crippen LogP contribution in [0.4, 0.5) is 11.4 Å². The highest BCUT2D eigenvalue weighted by atomic mass is 35.5. The van der Waals surface area contributed by atoms with E-state index in [1.165, 1.54) is 11.8 Å². The predicted octanol–water partition coefficient (Wildman–Crippen LogP) is 4.60. The minimum atomic E-state index is -0.256. The smallest absolute Gasteiger partial charge is 0.191 e. The third-order valence-corrected chi connectivity index (χ3v) is 6.50. The average molecular weight is 465 g/mol. The number of carbonyl (C=O) groups is 1. The van der Waals surface area contributed by atoms with Crippen LogP contribution in [0.5, 0.6) is 0 Å². The van der Waals surface area contributed by atoms with Crippen LogP contribution >= 0.6 is 23.4 Å². The van der Waals surface area contributed by atoms with E-state index in [4.69, 9.17) is 11.6 Å². The fraction of sp³-hybridized carbons (Fsp3) is 0.217. The van der Waals surface area contributed by atoms with Crippen LogP contribution in [0.1, 0.15) is 6.92 Å². The van der Waals surface area contributed by atoms with Crippen molar-refractivity contribution in [1.29, 1.82) is 5.26 Å². The number of rotatable bonds is 6. The van der Waals surface area contributed by atoms with E-state index in [0.717, 1.165) is 16.9 Å². The first-order valence-electron chi connectivity index (χ1n) is 10.0. The van der Waals surface area contributed by atoms with Crippen LogP contribution in [0.15, 0.2) is 65.1 Å². The summed E-state index contributed by atoms with van der Waals surface area (Å²) in [6.45, 7) is 2.63. The summed E-state index contributed by atoms with van der Waals surface area (Å²) in [6.07, 6.45) is 0. The number of hydrogen-bond donors (Lipinski definition) is 0. The maximum absolute atomic E-state index is 13.1. The summed E-state index contributed by atoms with van der Waals surface area (Å²) in [5, 5.41) is 19.6.